The van der Waals surface area contributed by atoms with Gasteiger partial charge in [-0.1, -0.05) is 50.8 Å². The van der Waals surface area contributed by atoms with Crippen LogP contribution in [-0.2, 0) is 9.47 Å². The number of fused-ring (bicyclic) bond motifs is 2. The molecule has 3 aliphatic heterocycles. The Labute approximate surface area is 130 Å². The minimum Gasteiger partial charge on any atom is -0.371 e. The van der Waals surface area contributed by atoms with E-state index in [4.69, 9.17) is 15.9 Å². The first-order valence-corrected chi connectivity index (χ1v) is 8.49. The van der Waals surface area contributed by atoms with Gasteiger partial charge in [-0.3, -0.25) is 0 Å². The summed E-state index contributed by atoms with van der Waals surface area (Å²) in [5.74, 6) is 3.92. The van der Waals surface area contributed by atoms with Gasteiger partial charge in [0.2, 0.25) is 0 Å². The van der Waals surface area contributed by atoms with Gasteiger partial charge in [0.25, 0.3) is 0 Å². The fourth-order valence-electron chi connectivity index (χ4n) is 4.87. The Morgan fingerprint density at radius 2 is 2.21 bits per heavy atom. The number of ether oxygens (including phenoxy) is 2. The topological polar surface area (TPSA) is 18.5 Å². The van der Waals surface area contributed by atoms with Crippen LogP contribution in [0.15, 0.2) is 12.2 Å². The van der Waals surface area contributed by atoms with E-state index in [2.05, 4.69) is 50.8 Å². The highest BCUT2D eigenvalue weighted by molar-refractivity contribution is 9.13. The lowest BCUT2D eigenvalue weighted by Gasteiger charge is -2.40. The number of hydrogen-bond donors (Lipinski definition) is 0. The summed E-state index contributed by atoms with van der Waals surface area (Å²) < 4.78 is 12.1. The highest BCUT2D eigenvalue weighted by Crippen LogP contribution is 2.73. The number of terminal acetylenes is 1. The van der Waals surface area contributed by atoms with E-state index in [-0.39, 0.29) is 21.0 Å². The first-order chi connectivity index (χ1) is 9.06. The van der Waals surface area contributed by atoms with Crippen molar-refractivity contribution in [3.63, 3.8) is 0 Å². The number of halogens is 2. The van der Waals surface area contributed by atoms with E-state index in [9.17, 15) is 0 Å². The maximum Gasteiger partial charge on any atom is 0.144 e. The number of alkyl halides is 2. The Balaban J connectivity index is 1.85. The maximum absolute atomic E-state index is 6.39. The van der Waals surface area contributed by atoms with Crippen LogP contribution in [0.3, 0.4) is 0 Å². The minimum atomic E-state index is -0.316. The van der Waals surface area contributed by atoms with Crippen molar-refractivity contribution in [3.05, 3.63) is 12.2 Å². The quantitative estimate of drug-likeness (QED) is 0.534. The van der Waals surface area contributed by atoms with Crippen molar-refractivity contribution in [2.45, 2.75) is 46.9 Å². The monoisotopic (exact) mass is 386 g/mol. The van der Waals surface area contributed by atoms with Crippen molar-refractivity contribution in [2.75, 3.05) is 0 Å². The Morgan fingerprint density at radius 3 is 2.89 bits per heavy atom. The molecule has 1 saturated carbocycles. The second kappa shape index (κ2) is 3.88. The molecule has 0 unspecified atom stereocenters. The Bertz CT molecular complexity index is 497. The van der Waals surface area contributed by atoms with Gasteiger partial charge in [-0.2, -0.15) is 0 Å². The first-order valence-electron chi connectivity index (χ1n) is 6.90. The highest BCUT2D eigenvalue weighted by Gasteiger charge is 2.80. The molecule has 2 bridgehead atoms. The smallest absolute Gasteiger partial charge is 0.144 e. The molecule has 19 heavy (non-hydrogen) atoms. The van der Waals surface area contributed by atoms with Gasteiger partial charge in [-0.25, -0.2) is 0 Å². The summed E-state index contributed by atoms with van der Waals surface area (Å²) in [6.07, 6.45) is 12.3. The van der Waals surface area contributed by atoms with Crippen LogP contribution in [0, 0.1) is 30.1 Å². The summed E-state index contributed by atoms with van der Waals surface area (Å²) in [4.78, 5) is 0. The molecule has 4 fully saturated rings. The second-order valence-electron chi connectivity index (χ2n) is 6.05. The summed E-state index contributed by atoms with van der Waals surface area (Å²) in [5, 5.41) is 0. The molecule has 0 aromatic rings. The normalized spacial score (nSPS) is 61.2. The average Bonchev–Trinajstić information content (AvgIpc) is 3.03. The first kappa shape index (κ1) is 12.9. The van der Waals surface area contributed by atoms with Gasteiger partial charge in [0, 0.05) is 24.2 Å². The summed E-state index contributed by atoms with van der Waals surface area (Å²) in [7, 11) is 0. The van der Waals surface area contributed by atoms with Crippen LogP contribution in [0.25, 0.3) is 0 Å². The molecule has 0 aromatic carbocycles. The molecule has 1 aliphatic carbocycles. The standard InChI is InChI=1S/C15H16Br2O2/c1-3-5-6-8-11-9-7-10-13(18-9)12(11)15(17,19-10)14(8,16)4-2/h1,5-6,8-13H,4,7H2,2H3/b6-5-/t8-,9-,10-,11+,12+,13+,14-,15-/m0/s1. The zero-order valence-electron chi connectivity index (χ0n) is 10.7. The van der Waals surface area contributed by atoms with Crippen LogP contribution in [0.4, 0.5) is 0 Å². The lowest BCUT2D eigenvalue weighted by molar-refractivity contribution is 0.000337. The molecule has 0 aromatic heterocycles. The lowest BCUT2D eigenvalue weighted by Crippen LogP contribution is -2.47. The summed E-state index contributed by atoms with van der Waals surface area (Å²) >= 11 is 7.95. The molecule has 4 heteroatoms. The highest BCUT2D eigenvalue weighted by atomic mass is 79.9. The molecule has 8 atom stereocenters. The predicted molar refractivity (Wildman–Crippen MR) is 80.2 cm³/mol. The van der Waals surface area contributed by atoms with E-state index >= 15 is 0 Å². The Hall–Kier alpha value is 0.180. The van der Waals surface area contributed by atoms with Crippen LogP contribution in [-0.4, -0.2) is 27.1 Å². The van der Waals surface area contributed by atoms with Gasteiger partial charge in [-0.15, -0.1) is 6.42 Å². The molecule has 0 radical (unpaired) electrons. The van der Waals surface area contributed by atoms with Crippen molar-refractivity contribution in [2.24, 2.45) is 17.8 Å². The van der Waals surface area contributed by atoms with Crippen molar-refractivity contribution < 1.29 is 9.47 Å². The summed E-state index contributed by atoms with van der Waals surface area (Å²) in [5.41, 5.74) is 0. The minimum absolute atomic E-state index is 0.0991. The molecule has 0 amide bonds. The summed E-state index contributed by atoms with van der Waals surface area (Å²) in [6, 6.07) is 0. The van der Waals surface area contributed by atoms with E-state index in [1.165, 1.54) is 0 Å². The third-order valence-electron chi connectivity index (χ3n) is 5.54. The third kappa shape index (κ3) is 1.27. The van der Waals surface area contributed by atoms with Crippen molar-refractivity contribution in [1.82, 2.24) is 0 Å². The molecular weight excluding hydrogens is 372 g/mol. The largest absolute Gasteiger partial charge is 0.371 e. The van der Waals surface area contributed by atoms with Crippen LogP contribution in [0.2, 0.25) is 0 Å². The Kier molecular flexibility index (Phi) is 2.63. The summed E-state index contributed by atoms with van der Waals surface area (Å²) in [6.45, 7) is 2.21. The number of allylic oxidation sites excluding steroid dienone is 2. The molecule has 3 saturated heterocycles. The SMILES string of the molecule is C#C/C=C\[C@H]1[C@H]2[C@@H]3[C@@H]4O[C@H]2C[C@@H]4O[C@]3(Br)[C@]1(Br)CC. The van der Waals surface area contributed by atoms with Gasteiger partial charge >= 0.3 is 0 Å². The molecular formula is C15H16Br2O2. The Morgan fingerprint density at radius 1 is 1.42 bits per heavy atom. The molecule has 3 heterocycles. The van der Waals surface area contributed by atoms with Gasteiger partial charge in [0.05, 0.1) is 22.6 Å². The van der Waals surface area contributed by atoms with E-state index in [1.807, 2.05) is 6.08 Å². The molecule has 0 N–H and O–H groups in total. The average molecular weight is 388 g/mol. The van der Waals surface area contributed by atoms with Gasteiger partial charge in [0.1, 0.15) is 4.51 Å². The fourth-order valence-corrected chi connectivity index (χ4v) is 7.04. The van der Waals surface area contributed by atoms with Crippen LogP contribution in [0.5, 0.6) is 0 Å². The van der Waals surface area contributed by atoms with Crippen LogP contribution >= 0.6 is 31.9 Å². The van der Waals surface area contributed by atoms with Crippen molar-refractivity contribution in [1.29, 1.82) is 0 Å². The number of hydrogen-bond acceptors (Lipinski definition) is 2. The van der Waals surface area contributed by atoms with E-state index < -0.39 is 0 Å². The second-order valence-corrected chi connectivity index (χ2v) is 8.64. The molecule has 0 spiro atoms. The zero-order chi connectivity index (χ0) is 13.4. The number of rotatable bonds is 2. The maximum atomic E-state index is 6.39. The molecule has 2 nitrogen and oxygen atoms in total. The van der Waals surface area contributed by atoms with Crippen molar-refractivity contribution >= 4 is 31.9 Å². The molecule has 4 aliphatic rings. The molecule has 4 rings (SSSR count). The zero-order valence-corrected chi connectivity index (χ0v) is 13.9. The van der Waals surface area contributed by atoms with E-state index in [1.54, 1.807) is 0 Å². The lowest BCUT2D eigenvalue weighted by atomic mass is 9.77. The fraction of sp³-hybridized carbons (Fsp3) is 0.733. The van der Waals surface area contributed by atoms with Gasteiger partial charge in [0.15, 0.2) is 0 Å². The van der Waals surface area contributed by atoms with Gasteiger partial charge < -0.3 is 9.47 Å². The van der Waals surface area contributed by atoms with Crippen LogP contribution < -0.4 is 0 Å². The van der Waals surface area contributed by atoms with E-state index in [0.29, 0.717) is 23.9 Å². The predicted octanol–water partition coefficient (Wildman–Crippen LogP) is 3.24. The molecule has 102 valence electrons. The van der Waals surface area contributed by atoms with E-state index in [0.717, 1.165) is 12.8 Å². The van der Waals surface area contributed by atoms with Crippen LogP contribution in [0.1, 0.15) is 19.8 Å². The van der Waals surface area contributed by atoms with Crippen molar-refractivity contribution in [3.8, 4) is 12.3 Å². The third-order valence-corrected chi connectivity index (χ3v) is 9.17. The van der Waals surface area contributed by atoms with Gasteiger partial charge in [-0.05, 0) is 12.5 Å².